The standard InChI is InChI=1S/C42H66N4O6/c1-5-9-12-14-16-19-24-31-26-21-29-35(47)37(31)41(51)45-43-39(49)33(23-8-4)34(28-18-11-7-3)40(50)44-46-42(52)38-32(27-22-30-36(38)48)25-20-17-15-13-10-6-2/h21-22,26-27,29-30,33-34,47-48H,5-20,23-25,28H2,1-4H3,(H,43,49)(H,44,50)(H,45,51)(H,46,52). The van der Waals surface area contributed by atoms with Crippen LogP contribution in [-0.2, 0) is 22.4 Å². The van der Waals surface area contributed by atoms with E-state index in [1.807, 2.05) is 19.1 Å². The van der Waals surface area contributed by atoms with Crippen LogP contribution in [0.1, 0.15) is 175 Å². The first-order chi connectivity index (χ1) is 25.2. The first-order valence-corrected chi connectivity index (χ1v) is 20.0. The highest BCUT2D eigenvalue weighted by molar-refractivity contribution is 6.00. The van der Waals surface area contributed by atoms with Crippen LogP contribution in [0.3, 0.4) is 0 Å². The molecule has 0 heterocycles. The number of rotatable bonds is 25. The normalized spacial score (nSPS) is 12.2. The van der Waals surface area contributed by atoms with Crippen molar-refractivity contribution in [1.29, 1.82) is 0 Å². The maximum Gasteiger partial charge on any atom is 0.273 e. The van der Waals surface area contributed by atoms with Crippen molar-refractivity contribution in [2.45, 2.75) is 156 Å². The minimum Gasteiger partial charge on any atom is -0.507 e. The molecule has 0 fully saturated rings. The number of phenols is 2. The number of carbonyl (C=O) groups is 4. The van der Waals surface area contributed by atoms with Gasteiger partial charge in [0.15, 0.2) is 0 Å². The summed E-state index contributed by atoms with van der Waals surface area (Å²) in [5.74, 6) is -4.18. The summed E-state index contributed by atoms with van der Waals surface area (Å²) < 4.78 is 0. The molecule has 2 aromatic rings. The highest BCUT2D eigenvalue weighted by Gasteiger charge is 2.34. The summed E-state index contributed by atoms with van der Waals surface area (Å²) in [6, 6.07) is 9.97. The Morgan fingerprint density at radius 3 is 1.29 bits per heavy atom. The van der Waals surface area contributed by atoms with Gasteiger partial charge in [-0.25, -0.2) is 0 Å². The van der Waals surface area contributed by atoms with E-state index in [9.17, 15) is 29.4 Å². The molecule has 290 valence electrons. The molecule has 0 saturated heterocycles. The zero-order valence-electron chi connectivity index (χ0n) is 32.3. The van der Waals surface area contributed by atoms with Gasteiger partial charge < -0.3 is 10.2 Å². The van der Waals surface area contributed by atoms with Crippen LogP contribution in [0, 0.1) is 11.8 Å². The lowest BCUT2D eigenvalue weighted by atomic mass is 9.83. The van der Waals surface area contributed by atoms with Crippen LogP contribution in [0.2, 0.25) is 0 Å². The fraction of sp³-hybridized carbons (Fsp3) is 0.619. The van der Waals surface area contributed by atoms with E-state index in [2.05, 4.69) is 42.5 Å². The van der Waals surface area contributed by atoms with Gasteiger partial charge in [-0.05, 0) is 61.8 Å². The molecule has 52 heavy (non-hydrogen) atoms. The van der Waals surface area contributed by atoms with E-state index < -0.39 is 35.5 Å². The van der Waals surface area contributed by atoms with Gasteiger partial charge in [-0.1, -0.05) is 142 Å². The molecule has 0 aliphatic carbocycles. The fourth-order valence-corrected chi connectivity index (χ4v) is 6.81. The highest BCUT2D eigenvalue weighted by atomic mass is 16.3. The summed E-state index contributed by atoms with van der Waals surface area (Å²) in [5, 5.41) is 21.2. The van der Waals surface area contributed by atoms with Gasteiger partial charge in [-0.2, -0.15) is 0 Å². The molecule has 0 spiro atoms. The molecular weight excluding hydrogens is 656 g/mol. The van der Waals surface area contributed by atoms with Crippen molar-refractivity contribution >= 4 is 23.6 Å². The Kier molecular flexibility index (Phi) is 21.9. The van der Waals surface area contributed by atoms with E-state index in [-0.39, 0.29) is 22.6 Å². The van der Waals surface area contributed by atoms with Gasteiger partial charge >= 0.3 is 0 Å². The summed E-state index contributed by atoms with van der Waals surface area (Å²) in [4.78, 5) is 54.0. The van der Waals surface area contributed by atoms with Gasteiger partial charge in [0, 0.05) is 0 Å². The largest absolute Gasteiger partial charge is 0.507 e. The van der Waals surface area contributed by atoms with Gasteiger partial charge in [0.25, 0.3) is 11.8 Å². The van der Waals surface area contributed by atoms with Crippen molar-refractivity contribution in [3.8, 4) is 11.5 Å². The summed E-state index contributed by atoms with van der Waals surface area (Å²) in [6.07, 6.45) is 18.3. The van der Waals surface area contributed by atoms with Crippen LogP contribution in [0.15, 0.2) is 36.4 Å². The lowest BCUT2D eigenvalue weighted by Gasteiger charge is -2.26. The molecule has 4 amide bonds. The predicted molar refractivity (Wildman–Crippen MR) is 208 cm³/mol. The molecule has 2 rings (SSSR count). The van der Waals surface area contributed by atoms with Crippen LogP contribution in [0.5, 0.6) is 11.5 Å². The van der Waals surface area contributed by atoms with Crippen LogP contribution in [-0.4, -0.2) is 33.8 Å². The topological polar surface area (TPSA) is 157 Å². The van der Waals surface area contributed by atoms with E-state index >= 15 is 0 Å². The number of hydrogen-bond acceptors (Lipinski definition) is 6. The molecule has 0 aliphatic rings. The van der Waals surface area contributed by atoms with Crippen molar-refractivity contribution in [3.05, 3.63) is 58.7 Å². The average Bonchev–Trinajstić information content (AvgIpc) is 3.13. The molecule has 2 aromatic carbocycles. The Labute approximate surface area is 312 Å². The maximum absolute atomic E-state index is 13.7. The molecular formula is C42H66N4O6. The van der Waals surface area contributed by atoms with E-state index in [1.165, 1.54) is 50.7 Å². The lowest BCUT2D eigenvalue weighted by molar-refractivity contribution is -0.136. The summed E-state index contributed by atoms with van der Waals surface area (Å²) in [7, 11) is 0. The fourth-order valence-electron chi connectivity index (χ4n) is 6.81. The zero-order valence-corrected chi connectivity index (χ0v) is 32.3. The summed E-state index contributed by atoms with van der Waals surface area (Å²) in [6.45, 7) is 8.32. The van der Waals surface area contributed by atoms with Crippen LogP contribution in [0.25, 0.3) is 0 Å². The number of aryl methyl sites for hydroxylation is 2. The average molecular weight is 723 g/mol. The number of carbonyl (C=O) groups excluding carboxylic acids is 4. The van der Waals surface area contributed by atoms with E-state index in [0.29, 0.717) is 49.7 Å². The van der Waals surface area contributed by atoms with E-state index in [1.54, 1.807) is 12.1 Å². The van der Waals surface area contributed by atoms with Crippen LogP contribution < -0.4 is 21.7 Å². The number of aromatic hydroxyl groups is 2. The smallest absolute Gasteiger partial charge is 0.273 e. The van der Waals surface area contributed by atoms with E-state index in [0.717, 1.165) is 51.4 Å². The number of phenolic OH excluding ortho intramolecular Hbond substituents is 2. The second-order valence-electron chi connectivity index (χ2n) is 14.0. The monoisotopic (exact) mass is 722 g/mol. The zero-order chi connectivity index (χ0) is 38.1. The molecule has 10 nitrogen and oxygen atoms in total. The SMILES string of the molecule is CCCCCCCCc1cccc(O)c1C(=O)NNC(=O)C(CCC)C(CCCCC)C(=O)NNC(=O)c1c(O)cccc1CCCCCCCC. The Morgan fingerprint density at radius 1 is 0.481 bits per heavy atom. The van der Waals surface area contributed by atoms with E-state index in [4.69, 9.17) is 0 Å². The lowest BCUT2D eigenvalue weighted by Crippen LogP contribution is -2.51. The van der Waals surface area contributed by atoms with Gasteiger partial charge in [0.1, 0.15) is 11.5 Å². The molecule has 6 N–H and O–H groups in total. The summed E-state index contributed by atoms with van der Waals surface area (Å²) >= 11 is 0. The molecule has 10 heteroatoms. The Morgan fingerprint density at radius 2 is 0.865 bits per heavy atom. The number of nitrogens with one attached hydrogen (secondary N) is 4. The molecule has 0 bridgehead atoms. The minimum atomic E-state index is -0.792. The third-order valence-electron chi connectivity index (χ3n) is 9.79. The van der Waals surface area contributed by atoms with Gasteiger partial charge in [-0.15, -0.1) is 0 Å². The second-order valence-corrected chi connectivity index (χ2v) is 14.0. The van der Waals surface area contributed by atoms with Gasteiger partial charge in [-0.3, -0.25) is 40.9 Å². The first kappa shape index (κ1) is 44.1. The molecule has 2 atom stereocenters. The molecule has 2 unspecified atom stereocenters. The van der Waals surface area contributed by atoms with Crippen LogP contribution in [0.4, 0.5) is 0 Å². The molecule has 0 aromatic heterocycles. The van der Waals surface area contributed by atoms with Gasteiger partial charge in [0.05, 0.1) is 23.0 Å². The minimum absolute atomic E-state index is 0.128. The maximum atomic E-state index is 13.7. The number of unbranched alkanes of at least 4 members (excludes halogenated alkanes) is 12. The predicted octanol–water partition coefficient (Wildman–Crippen LogP) is 8.74. The second kappa shape index (κ2) is 25.8. The summed E-state index contributed by atoms with van der Waals surface area (Å²) in [5.41, 5.74) is 11.7. The Balaban J connectivity index is 2.12. The van der Waals surface area contributed by atoms with Crippen LogP contribution >= 0.6 is 0 Å². The number of amides is 4. The third-order valence-corrected chi connectivity index (χ3v) is 9.79. The van der Waals surface area contributed by atoms with Crippen molar-refractivity contribution in [1.82, 2.24) is 21.7 Å². The van der Waals surface area contributed by atoms with Crippen molar-refractivity contribution < 1.29 is 29.4 Å². The Bertz CT molecular complexity index is 1380. The Hall–Kier alpha value is -4.08. The molecule has 0 aliphatic heterocycles. The molecule has 0 saturated carbocycles. The quantitative estimate of drug-likeness (QED) is 0.0445. The highest BCUT2D eigenvalue weighted by Crippen LogP contribution is 2.27. The molecule has 0 radical (unpaired) electrons. The number of hydrazine groups is 2. The van der Waals surface area contributed by atoms with Crippen molar-refractivity contribution in [2.75, 3.05) is 0 Å². The van der Waals surface area contributed by atoms with Crippen molar-refractivity contribution in [3.63, 3.8) is 0 Å². The first-order valence-electron chi connectivity index (χ1n) is 20.0. The number of benzene rings is 2. The number of hydrogen-bond donors (Lipinski definition) is 6. The van der Waals surface area contributed by atoms with Gasteiger partial charge in [0.2, 0.25) is 11.8 Å². The third kappa shape index (κ3) is 15.3. The van der Waals surface area contributed by atoms with Crippen molar-refractivity contribution in [2.24, 2.45) is 11.8 Å².